The number of hydrogen-bond donors (Lipinski definition) is 1. The van der Waals surface area contributed by atoms with E-state index in [1.165, 1.54) is 37.5 Å². The van der Waals surface area contributed by atoms with Crippen LogP contribution in [0.1, 0.15) is 50.6 Å². The zero-order valence-electron chi connectivity index (χ0n) is 20.7. The van der Waals surface area contributed by atoms with Crippen LogP contribution in [0.15, 0.2) is 46.6 Å². The third kappa shape index (κ3) is 3.27. The molecule has 4 aliphatic carbocycles. The topological polar surface area (TPSA) is 93.8 Å². The minimum absolute atomic E-state index is 0.00739. The lowest BCUT2D eigenvalue weighted by Crippen LogP contribution is -2.70. The Morgan fingerprint density at radius 1 is 1.27 bits per heavy atom. The summed E-state index contributed by atoms with van der Waals surface area (Å²) in [6.45, 7) is 4.79. The van der Waals surface area contributed by atoms with E-state index in [1.807, 2.05) is 0 Å². The van der Waals surface area contributed by atoms with Crippen LogP contribution in [0.3, 0.4) is 0 Å². The molecule has 3 saturated carbocycles. The summed E-state index contributed by atoms with van der Waals surface area (Å²) in [7, 11) is 0. The van der Waals surface area contributed by atoms with E-state index in [4.69, 9.17) is 9.15 Å². The molecule has 0 spiro atoms. The van der Waals surface area contributed by atoms with E-state index in [9.17, 15) is 23.9 Å². The Hall–Kier alpha value is -2.33. The number of halogens is 3. The Labute approximate surface area is 216 Å². The van der Waals surface area contributed by atoms with Gasteiger partial charge in [-0.3, -0.25) is 9.59 Å². The van der Waals surface area contributed by atoms with Crippen LogP contribution < -0.4 is 0 Å². The fraction of sp³-hybridized carbons (Fsp3) is 0.593. The molecule has 4 unspecified atom stereocenters. The minimum atomic E-state index is -2.35. The highest BCUT2D eigenvalue weighted by molar-refractivity contribution is 8.13. The molecule has 1 aromatic rings. The number of furan rings is 1. The number of ether oxygens (including phenoxy) is 1. The van der Waals surface area contributed by atoms with Gasteiger partial charge in [-0.2, -0.15) is 0 Å². The molecule has 3 fully saturated rings. The van der Waals surface area contributed by atoms with Crippen LogP contribution >= 0.6 is 11.8 Å². The summed E-state index contributed by atoms with van der Waals surface area (Å²) in [5, 5.41) is 10.7. The Kier molecular flexibility index (Phi) is 6.10. The van der Waals surface area contributed by atoms with Crippen LogP contribution in [0.5, 0.6) is 0 Å². The molecule has 5 rings (SSSR count). The number of aliphatic hydroxyl groups excluding tert-OH is 1. The number of allylic oxidation sites excluding steroid dienone is 4. The highest BCUT2D eigenvalue weighted by Crippen LogP contribution is 2.72. The summed E-state index contributed by atoms with van der Waals surface area (Å²) >= 11 is 0.352. The zero-order valence-corrected chi connectivity index (χ0v) is 21.5. The molecule has 0 radical (unpaired) electrons. The van der Waals surface area contributed by atoms with Crippen molar-refractivity contribution in [3.63, 3.8) is 0 Å². The number of hydrogen-bond acceptors (Lipinski definition) is 7. The average molecular weight is 539 g/mol. The van der Waals surface area contributed by atoms with Crippen LogP contribution in [0, 0.1) is 28.6 Å². The van der Waals surface area contributed by atoms with E-state index in [2.05, 4.69) is 0 Å². The van der Waals surface area contributed by atoms with E-state index in [1.54, 1.807) is 13.8 Å². The number of thioether (sulfide) groups is 1. The third-order valence-corrected chi connectivity index (χ3v) is 10.3. The second-order valence-electron chi connectivity index (χ2n) is 11.1. The van der Waals surface area contributed by atoms with Gasteiger partial charge in [0.05, 0.1) is 12.4 Å². The van der Waals surface area contributed by atoms with Gasteiger partial charge in [-0.1, -0.05) is 19.9 Å². The first-order valence-electron chi connectivity index (χ1n) is 12.3. The van der Waals surface area contributed by atoms with Gasteiger partial charge < -0.3 is 14.3 Å². The van der Waals surface area contributed by atoms with Crippen molar-refractivity contribution in [2.45, 2.75) is 63.6 Å². The van der Waals surface area contributed by atoms with Gasteiger partial charge in [-0.25, -0.2) is 18.0 Å². The predicted molar refractivity (Wildman–Crippen MR) is 129 cm³/mol. The minimum Gasteiger partial charge on any atom is -0.457 e. The third-order valence-electron chi connectivity index (χ3n) is 9.63. The quantitative estimate of drug-likeness (QED) is 0.544. The Morgan fingerprint density at radius 3 is 2.65 bits per heavy atom. The fourth-order valence-electron chi connectivity index (χ4n) is 7.97. The maximum Gasteiger partial charge on any atom is 0.375 e. The van der Waals surface area contributed by atoms with Gasteiger partial charge in [0, 0.05) is 22.7 Å². The molecule has 10 heteroatoms. The fourth-order valence-corrected chi connectivity index (χ4v) is 8.76. The lowest BCUT2D eigenvalue weighted by molar-refractivity contribution is -0.221. The number of carbonyl (C=O) groups excluding carboxylic acids is 3. The van der Waals surface area contributed by atoms with Gasteiger partial charge >= 0.3 is 5.97 Å². The van der Waals surface area contributed by atoms with Gasteiger partial charge in [-0.05, 0) is 73.7 Å². The molecule has 37 heavy (non-hydrogen) atoms. The number of aliphatic hydroxyl groups is 1. The highest BCUT2D eigenvalue weighted by Gasteiger charge is 2.78. The van der Waals surface area contributed by atoms with Crippen LogP contribution in [0.2, 0.25) is 0 Å². The summed E-state index contributed by atoms with van der Waals surface area (Å²) in [5.74, 6) is -3.98. The molecule has 0 saturated heterocycles. The van der Waals surface area contributed by atoms with E-state index >= 15 is 8.78 Å². The Morgan fingerprint density at radius 2 is 2.00 bits per heavy atom. The molecule has 0 aliphatic heterocycles. The maximum absolute atomic E-state index is 17.4. The summed E-state index contributed by atoms with van der Waals surface area (Å²) in [5.41, 5.74) is -7.19. The number of fused-ring (bicyclic) bond motifs is 5. The summed E-state index contributed by atoms with van der Waals surface area (Å²) < 4.78 is 57.5. The van der Waals surface area contributed by atoms with Gasteiger partial charge in [-0.15, -0.1) is 0 Å². The van der Waals surface area contributed by atoms with E-state index in [0.29, 0.717) is 11.8 Å². The predicted octanol–water partition coefficient (Wildman–Crippen LogP) is 4.93. The number of carbonyl (C=O) groups is 3. The molecule has 0 amide bonds. The van der Waals surface area contributed by atoms with Crippen molar-refractivity contribution in [3.05, 3.63) is 48.0 Å². The van der Waals surface area contributed by atoms with Crippen LogP contribution in [0.25, 0.3) is 0 Å². The molecule has 4 aliphatic rings. The molecule has 0 bridgehead atoms. The smallest absolute Gasteiger partial charge is 0.375 e. The molecule has 9 atom stereocenters. The van der Waals surface area contributed by atoms with Crippen LogP contribution in [-0.4, -0.2) is 51.5 Å². The van der Waals surface area contributed by atoms with Gasteiger partial charge in [0.2, 0.25) is 10.9 Å². The number of alkyl halides is 3. The molecule has 0 aromatic carbocycles. The number of rotatable bonds is 4. The van der Waals surface area contributed by atoms with Crippen molar-refractivity contribution >= 4 is 28.6 Å². The monoisotopic (exact) mass is 538 g/mol. The summed E-state index contributed by atoms with van der Waals surface area (Å²) in [6, 6.07) is 1.78. The van der Waals surface area contributed by atoms with E-state index < -0.39 is 75.0 Å². The Bertz CT molecular complexity index is 1200. The van der Waals surface area contributed by atoms with Gasteiger partial charge in [0.1, 0.15) is 12.2 Å². The van der Waals surface area contributed by atoms with Crippen molar-refractivity contribution in [1.82, 2.24) is 0 Å². The lowest BCUT2D eigenvalue weighted by atomic mass is 9.44. The summed E-state index contributed by atoms with van der Waals surface area (Å²) in [4.78, 5) is 38.7. The Balaban J connectivity index is 1.64. The van der Waals surface area contributed by atoms with E-state index in [0.717, 1.165) is 6.08 Å². The number of ketones is 1. The van der Waals surface area contributed by atoms with Crippen molar-refractivity contribution in [3.8, 4) is 0 Å². The number of esters is 1. The first-order chi connectivity index (χ1) is 17.4. The zero-order chi connectivity index (χ0) is 27.0. The normalized spacial score (nSPS) is 44.5. The SMILES string of the molecule is C[C@@H]1CC2C3C[C@H](F)C4=CC(=O)C=CC4(C)[C@@]3(F)C(O)C[C@]2(C)[C@@]1(OC(=O)c1ccco1)C(=O)SCF. The second-order valence-corrected chi connectivity index (χ2v) is 12.0. The molecular formula is C27H29F3O6S. The van der Waals surface area contributed by atoms with Crippen molar-refractivity contribution in [2.24, 2.45) is 28.6 Å². The largest absolute Gasteiger partial charge is 0.457 e. The van der Waals surface area contributed by atoms with Crippen molar-refractivity contribution < 1.29 is 41.8 Å². The molecule has 1 aromatic heterocycles. The highest BCUT2D eigenvalue weighted by atomic mass is 32.2. The van der Waals surface area contributed by atoms with Gasteiger partial charge in [0.25, 0.3) is 0 Å². The standard InChI is InChI=1S/C27H29F3O6S/c1-14-9-16-17-11-19(29)18-10-15(31)6-7-24(18,2)26(17,30)21(32)12-25(16,3)27(14,23(34)37-13-28)36-22(33)20-5-4-8-35-20/h4-8,10,14,16-17,19,21,32H,9,11-13H2,1-3H3/t14-,16?,17?,19+,21?,24?,25+,26+,27+/m1/s1. The molecular weight excluding hydrogens is 509 g/mol. The summed E-state index contributed by atoms with van der Waals surface area (Å²) in [6.07, 6.45) is 1.16. The van der Waals surface area contributed by atoms with E-state index in [-0.39, 0.29) is 30.6 Å². The van der Waals surface area contributed by atoms with Crippen LogP contribution in [0.4, 0.5) is 13.2 Å². The molecule has 200 valence electrons. The molecule has 1 N–H and O–H groups in total. The first kappa shape index (κ1) is 26.3. The van der Waals surface area contributed by atoms with Crippen molar-refractivity contribution in [1.29, 1.82) is 0 Å². The lowest BCUT2D eigenvalue weighted by Gasteiger charge is -2.63. The van der Waals surface area contributed by atoms with Crippen LogP contribution in [-0.2, 0) is 14.3 Å². The maximum atomic E-state index is 17.4. The average Bonchev–Trinajstić information content (AvgIpc) is 3.45. The first-order valence-corrected chi connectivity index (χ1v) is 13.3. The molecule has 6 nitrogen and oxygen atoms in total. The van der Waals surface area contributed by atoms with Gasteiger partial charge in [0.15, 0.2) is 17.1 Å². The second kappa shape index (κ2) is 8.59. The van der Waals surface area contributed by atoms with Crippen molar-refractivity contribution in [2.75, 3.05) is 6.01 Å². The molecule has 1 heterocycles.